The molecule has 0 fully saturated rings. The normalized spacial score (nSPS) is 12.4. The van der Waals surface area contributed by atoms with E-state index in [-0.39, 0.29) is 5.97 Å². The predicted octanol–water partition coefficient (Wildman–Crippen LogP) is 3.11. The molecule has 1 aromatic rings. The van der Waals surface area contributed by atoms with Crippen molar-refractivity contribution in [1.29, 1.82) is 0 Å². The molecule has 1 atom stereocenters. The number of esters is 1. The molecule has 0 aromatic carbocycles. The van der Waals surface area contributed by atoms with E-state index in [0.717, 1.165) is 13.1 Å². The third-order valence-electron chi connectivity index (χ3n) is 2.13. The summed E-state index contributed by atoms with van der Waals surface area (Å²) in [7, 11) is 1.62. The third-order valence-corrected chi connectivity index (χ3v) is 5.45. The molecular weight excluding hydrogens is 386 g/mol. The topological polar surface area (TPSA) is 47.6 Å². The highest BCUT2D eigenvalue weighted by atomic mass is 79.9. The van der Waals surface area contributed by atoms with E-state index in [4.69, 9.17) is 9.47 Å². The van der Waals surface area contributed by atoms with Crippen molar-refractivity contribution < 1.29 is 14.3 Å². The van der Waals surface area contributed by atoms with Gasteiger partial charge in [-0.1, -0.05) is 0 Å². The number of hydrogen-bond donors (Lipinski definition) is 1. The van der Waals surface area contributed by atoms with Crippen LogP contribution in [0.2, 0.25) is 0 Å². The summed E-state index contributed by atoms with van der Waals surface area (Å²) in [6.07, 6.45) is 0. The van der Waals surface area contributed by atoms with Crippen LogP contribution in [0, 0.1) is 0 Å². The molecule has 0 saturated carbocycles. The highest BCUT2D eigenvalue weighted by Gasteiger charge is 2.24. The summed E-state index contributed by atoms with van der Waals surface area (Å²) in [4.78, 5) is 12.8. The van der Waals surface area contributed by atoms with E-state index in [1.54, 1.807) is 14.0 Å². The van der Waals surface area contributed by atoms with Crippen molar-refractivity contribution in [2.24, 2.45) is 0 Å². The maximum atomic E-state index is 11.9. The number of ether oxygens (including phenoxy) is 2. The van der Waals surface area contributed by atoms with Crippen LogP contribution in [-0.4, -0.2) is 32.8 Å². The molecular formula is C11H15Br2NO3S. The molecule has 0 aliphatic carbocycles. The van der Waals surface area contributed by atoms with Crippen LogP contribution in [0.25, 0.3) is 0 Å². The number of hydrogen-bond acceptors (Lipinski definition) is 5. The summed E-state index contributed by atoms with van der Waals surface area (Å²) >= 11 is 8.33. The second kappa shape index (κ2) is 8.27. The highest BCUT2D eigenvalue weighted by Crippen LogP contribution is 2.35. The van der Waals surface area contributed by atoms with Crippen molar-refractivity contribution in [2.75, 3.05) is 26.9 Å². The Bertz CT molecular complexity index is 378. The van der Waals surface area contributed by atoms with E-state index in [0.29, 0.717) is 19.8 Å². The highest BCUT2D eigenvalue weighted by molar-refractivity contribution is 9.13. The molecule has 1 unspecified atom stereocenters. The fourth-order valence-corrected chi connectivity index (χ4v) is 3.49. The number of halogens is 2. The van der Waals surface area contributed by atoms with Gasteiger partial charge in [0.15, 0.2) is 0 Å². The fourth-order valence-electron chi connectivity index (χ4n) is 1.34. The monoisotopic (exact) mass is 399 g/mol. The number of nitrogens with one attached hydrogen (secondary N) is 1. The lowest BCUT2D eigenvalue weighted by Crippen LogP contribution is -2.31. The van der Waals surface area contributed by atoms with Crippen LogP contribution in [-0.2, 0) is 14.3 Å². The minimum Gasteiger partial charge on any atom is -0.465 e. The Hall–Kier alpha value is 0.0500. The molecule has 0 aliphatic heterocycles. The molecule has 0 radical (unpaired) electrons. The Kier molecular flexibility index (Phi) is 7.40. The summed E-state index contributed by atoms with van der Waals surface area (Å²) in [6, 6.07) is 1.46. The van der Waals surface area contributed by atoms with E-state index in [1.165, 1.54) is 11.3 Å². The maximum absolute atomic E-state index is 11.9. The number of methoxy groups -OCH3 is 1. The van der Waals surface area contributed by atoms with Gasteiger partial charge in [-0.2, -0.15) is 0 Å². The molecule has 102 valence electrons. The molecule has 1 N–H and O–H groups in total. The summed E-state index contributed by atoms with van der Waals surface area (Å²) in [5.41, 5.74) is 0. The molecule has 0 aliphatic rings. The first-order valence-electron chi connectivity index (χ1n) is 5.43. The minimum atomic E-state index is -0.451. The summed E-state index contributed by atoms with van der Waals surface area (Å²) in [5, 5.41) is 3.13. The molecule has 0 amide bonds. The Morgan fingerprint density at radius 1 is 1.56 bits per heavy atom. The molecule has 0 spiro atoms. The lowest BCUT2D eigenvalue weighted by Gasteiger charge is -2.15. The van der Waals surface area contributed by atoms with Crippen molar-refractivity contribution in [3.63, 3.8) is 0 Å². The van der Waals surface area contributed by atoms with Crippen LogP contribution < -0.4 is 5.32 Å². The van der Waals surface area contributed by atoms with Gasteiger partial charge in [0.1, 0.15) is 6.04 Å². The SMILES string of the molecule is CCOC(=O)C(NCCOC)c1cc(Br)c(Br)s1. The van der Waals surface area contributed by atoms with Crippen molar-refractivity contribution in [3.05, 3.63) is 19.2 Å². The predicted molar refractivity (Wildman–Crippen MR) is 79.0 cm³/mol. The fraction of sp³-hybridized carbons (Fsp3) is 0.545. The number of rotatable bonds is 7. The molecule has 1 heterocycles. The maximum Gasteiger partial charge on any atom is 0.328 e. The van der Waals surface area contributed by atoms with Crippen LogP contribution in [0.5, 0.6) is 0 Å². The molecule has 1 rings (SSSR count). The first kappa shape index (κ1) is 16.1. The van der Waals surface area contributed by atoms with Gasteiger partial charge >= 0.3 is 5.97 Å². The van der Waals surface area contributed by atoms with Gasteiger partial charge < -0.3 is 9.47 Å². The van der Waals surface area contributed by atoms with Gasteiger partial charge in [-0.05, 0) is 44.8 Å². The summed E-state index contributed by atoms with van der Waals surface area (Å²) in [5.74, 6) is -0.269. The first-order chi connectivity index (χ1) is 8.60. The number of thiophene rings is 1. The van der Waals surface area contributed by atoms with Crippen LogP contribution in [0.3, 0.4) is 0 Å². The summed E-state index contributed by atoms with van der Waals surface area (Å²) in [6.45, 7) is 3.30. The van der Waals surface area contributed by atoms with Crippen molar-refractivity contribution in [2.45, 2.75) is 13.0 Å². The smallest absolute Gasteiger partial charge is 0.328 e. The zero-order valence-electron chi connectivity index (χ0n) is 10.2. The van der Waals surface area contributed by atoms with Gasteiger partial charge in [0.2, 0.25) is 0 Å². The van der Waals surface area contributed by atoms with Gasteiger partial charge in [-0.15, -0.1) is 11.3 Å². The molecule has 7 heteroatoms. The van der Waals surface area contributed by atoms with Gasteiger partial charge in [0.25, 0.3) is 0 Å². The van der Waals surface area contributed by atoms with E-state index in [2.05, 4.69) is 37.2 Å². The van der Waals surface area contributed by atoms with E-state index < -0.39 is 6.04 Å². The second-order valence-electron chi connectivity index (χ2n) is 3.40. The lowest BCUT2D eigenvalue weighted by molar-refractivity contribution is -0.145. The van der Waals surface area contributed by atoms with Crippen LogP contribution in [0.15, 0.2) is 14.3 Å². The van der Waals surface area contributed by atoms with Crippen LogP contribution >= 0.6 is 43.2 Å². The molecule has 18 heavy (non-hydrogen) atoms. The van der Waals surface area contributed by atoms with Gasteiger partial charge in [-0.3, -0.25) is 5.32 Å². The van der Waals surface area contributed by atoms with Gasteiger partial charge in [0, 0.05) is 23.0 Å². The summed E-state index contributed by atoms with van der Waals surface area (Å²) < 4.78 is 11.9. The van der Waals surface area contributed by atoms with Crippen molar-refractivity contribution in [1.82, 2.24) is 5.32 Å². The van der Waals surface area contributed by atoms with Crippen LogP contribution in [0.1, 0.15) is 17.8 Å². The average Bonchev–Trinajstić information content (AvgIpc) is 2.65. The molecule has 4 nitrogen and oxygen atoms in total. The second-order valence-corrected chi connectivity index (χ2v) is 6.66. The molecule has 0 saturated heterocycles. The Morgan fingerprint density at radius 3 is 2.78 bits per heavy atom. The third kappa shape index (κ3) is 4.62. The Balaban J connectivity index is 2.78. The largest absolute Gasteiger partial charge is 0.465 e. The van der Waals surface area contributed by atoms with Crippen molar-refractivity contribution in [3.8, 4) is 0 Å². The van der Waals surface area contributed by atoms with E-state index >= 15 is 0 Å². The number of carbonyl (C=O) groups is 1. The first-order valence-corrected chi connectivity index (χ1v) is 7.84. The lowest BCUT2D eigenvalue weighted by atomic mass is 10.2. The molecule has 1 aromatic heterocycles. The van der Waals surface area contributed by atoms with Gasteiger partial charge in [0.05, 0.1) is 17.0 Å². The van der Waals surface area contributed by atoms with Crippen LogP contribution in [0.4, 0.5) is 0 Å². The zero-order valence-corrected chi connectivity index (χ0v) is 14.2. The molecule has 0 bridgehead atoms. The number of carbonyl (C=O) groups excluding carboxylic acids is 1. The average molecular weight is 401 g/mol. The minimum absolute atomic E-state index is 0.269. The zero-order chi connectivity index (χ0) is 13.5. The standard InChI is InChI=1S/C11H15Br2NO3S/c1-3-17-11(15)9(14-4-5-16-2)8-6-7(12)10(13)18-8/h6,9,14H,3-5H2,1-2H3. The quantitative estimate of drug-likeness (QED) is 0.564. The Labute approximate surface area is 127 Å². The van der Waals surface area contributed by atoms with E-state index in [9.17, 15) is 4.79 Å². The van der Waals surface area contributed by atoms with Gasteiger partial charge in [-0.25, -0.2) is 4.79 Å². The Morgan fingerprint density at radius 2 is 2.28 bits per heavy atom. The van der Waals surface area contributed by atoms with E-state index in [1.807, 2.05) is 6.07 Å². The van der Waals surface area contributed by atoms with Crippen molar-refractivity contribution >= 4 is 49.2 Å².